The molecule has 0 saturated carbocycles. The van der Waals surface area contributed by atoms with Crippen molar-refractivity contribution in [2.75, 3.05) is 6.54 Å². The van der Waals surface area contributed by atoms with Gasteiger partial charge in [-0.3, -0.25) is 0 Å². The van der Waals surface area contributed by atoms with Crippen LogP contribution in [0.3, 0.4) is 0 Å². The van der Waals surface area contributed by atoms with Gasteiger partial charge >= 0.3 is 0 Å². The van der Waals surface area contributed by atoms with Gasteiger partial charge in [0.2, 0.25) is 0 Å². The van der Waals surface area contributed by atoms with Gasteiger partial charge in [0.25, 0.3) is 0 Å². The number of rotatable bonds is 5. The summed E-state index contributed by atoms with van der Waals surface area (Å²) in [6, 6.07) is 9.63. The van der Waals surface area contributed by atoms with Crippen LogP contribution >= 0.6 is 23.2 Å². The zero-order chi connectivity index (χ0) is 14.5. The number of hydrogen-bond donors (Lipinski definition) is 1. The highest BCUT2D eigenvalue weighted by atomic mass is 35.5. The van der Waals surface area contributed by atoms with E-state index in [-0.39, 0.29) is 5.82 Å². The van der Waals surface area contributed by atoms with Crippen molar-refractivity contribution >= 4 is 23.2 Å². The Labute approximate surface area is 127 Å². The van der Waals surface area contributed by atoms with Crippen molar-refractivity contribution in [2.24, 2.45) is 0 Å². The van der Waals surface area contributed by atoms with Crippen LogP contribution in [0.2, 0.25) is 10.0 Å². The molecule has 2 rings (SSSR count). The van der Waals surface area contributed by atoms with Gasteiger partial charge in [-0.2, -0.15) is 0 Å². The van der Waals surface area contributed by atoms with E-state index in [0.29, 0.717) is 33.7 Å². The van der Waals surface area contributed by atoms with Gasteiger partial charge in [0, 0.05) is 17.1 Å². The molecule has 0 radical (unpaired) electrons. The number of halogens is 3. The van der Waals surface area contributed by atoms with E-state index in [1.807, 2.05) is 6.92 Å². The van der Waals surface area contributed by atoms with Gasteiger partial charge in [-0.05, 0) is 36.9 Å². The second-order valence-electron chi connectivity index (χ2n) is 4.17. The number of nitrogens with one attached hydrogen (secondary N) is 1. The van der Waals surface area contributed by atoms with Gasteiger partial charge < -0.3 is 10.1 Å². The molecule has 20 heavy (non-hydrogen) atoms. The van der Waals surface area contributed by atoms with E-state index in [4.69, 9.17) is 27.9 Å². The highest BCUT2D eigenvalue weighted by Crippen LogP contribution is 2.33. The molecule has 106 valence electrons. The Bertz CT molecular complexity index is 604. The van der Waals surface area contributed by atoms with Crippen molar-refractivity contribution in [2.45, 2.75) is 13.5 Å². The third-order valence-electron chi connectivity index (χ3n) is 2.74. The quantitative estimate of drug-likeness (QED) is 0.835. The van der Waals surface area contributed by atoms with Gasteiger partial charge in [-0.1, -0.05) is 36.2 Å². The molecular formula is C15H14Cl2FNO. The van der Waals surface area contributed by atoms with Gasteiger partial charge in [-0.15, -0.1) is 0 Å². The minimum absolute atomic E-state index is 0.312. The van der Waals surface area contributed by atoms with E-state index in [0.717, 1.165) is 6.54 Å². The first-order valence-electron chi connectivity index (χ1n) is 6.23. The average molecular weight is 314 g/mol. The van der Waals surface area contributed by atoms with Crippen LogP contribution in [0.5, 0.6) is 11.5 Å². The van der Waals surface area contributed by atoms with Gasteiger partial charge in [0.1, 0.15) is 17.3 Å². The Hall–Kier alpha value is -1.29. The smallest absolute Gasteiger partial charge is 0.146 e. The predicted molar refractivity (Wildman–Crippen MR) is 80.3 cm³/mol. The number of ether oxygens (including phenoxy) is 1. The standard InChI is InChI=1S/C15H14Cl2FNO/c1-2-19-9-11-13(18)4-3-5-14(11)20-15-7-6-10(16)8-12(15)17/h3-8,19H,2,9H2,1H3. The predicted octanol–water partition coefficient (Wildman–Crippen LogP) is 5.03. The van der Waals surface area contributed by atoms with Gasteiger partial charge in [0.15, 0.2) is 0 Å². The number of benzene rings is 2. The first-order chi connectivity index (χ1) is 9.61. The van der Waals surface area contributed by atoms with Crippen LogP contribution in [-0.2, 0) is 6.54 Å². The van der Waals surface area contributed by atoms with Crippen molar-refractivity contribution in [3.8, 4) is 11.5 Å². The normalized spacial score (nSPS) is 10.6. The maximum absolute atomic E-state index is 13.9. The van der Waals surface area contributed by atoms with E-state index in [1.165, 1.54) is 6.07 Å². The summed E-state index contributed by atoms with van der Waals surface area (Å²) in [7, 11) is 0. The first kappa shape index (κ1) is 15.1. The fraction of sp³-hybridized carbons (Fsp3) is 0.200. The Morgan fingerprint density at radius 1 is 1.15 bits per heavy atom. The summed E-state index contributed by atoms with van der Waals surface area (Å²) in [5.74, 6) is 0.572. The number of hydrogen-bond acceptors (Lipinski definition) is 2. The molecule has 0 aliphatic carbocycles. The van der Waals surface area contributed by atoms with Crippen molar-refractivity contribution in [3.63, 3.8) is 0 Å². The molecule has 0 aliphatic rings. The molecule has 0 aromatic heterocycles. The minimum Gasteiger partial charge on any atom is -0.455 e. The molecule has 1 N–H and O–H groups in total. The lowest BCUT2D eigenvalue weighted by molar-refractivity contribution is 0.463. The lowest BCUT2D eigenvalue weighted by Crippen LogP contribution is -2.13. The molecule has 2 aromatic carbocycles. The summed E-state index contributed by atoms with van der Waals surface area (Å²) in [6.07, 6.45) is 0. The highest BCUT2D eigenvalue weighted by Gasteiger charge is 2.11. The second kappa shape index (κ2) is 6.93. The lowest BCUT2D eigenvalue weighted by atomic mass is 10.2. The highest BCUT2D eigenvalue weighted by molar-refractivity contribution is 6.35. The van der Waals surface area contributed by atoms with Crippen LogP contribution in [0.4, 0.5) is 4.39 Å². The largest absolute Gasteiger partial charge is 0.455 e. The molecule has 0 unspecified atom stereocenters. The molecule has 0 spiro atoms. The zero-order valence-corrected chi connectivity index (χ0v) is 12.4. The maximum atomic E-state index is 13.9. The Morgan fingerprint density at radius 2 is 1.95 bits per heavy atom. The Kier molecular flexibility index (Phi) is 5.24. The zero-order valence-electron chi connectivity index (χ0n) is 10.9. The van der Waals surface area contributed by atoms with Crippen LogP contribution < -0.4 is 10.1 Å². The topological polar surface area (TPSA) is 21.3 Å². The molecule has 0 saturated heterocycles. The van der Waals surface area contributed by atoms with Gasteiger partial charge in [0.05, 0.1) is 5.02 Å². The second-order valence-corrected chi connectivity index (χ2v) is 5.02. The maximum Gasteiger partial charge on any atom is 0.146 e. The van der Waals surface area contributed by atoms with E-state index in [9.17, 15) is 4.39 Å². The van der Waals surface area contributed by atoms with Crippen molar-refractivity contribution in [1.29, 1.82) is 0 Å². The van der Waals surface area contributed by atoms with Crippen LogP contribution in [0.15, 0.2) is 36.4 Å². The molecule has 2 nitrogen and oxygen atoms in total. The SMILES string of the molecule is CCNCc1c(F)cccc1Oc1ccc(Cl)cc1Cl. The summed E-state index contributed by atoms with van der Waals surface area (Å²) in [6.45, 7) is 3.09. The fourth-order valence-corrected chi connectivity index (χ4v) is 2.18. The fourth-order valence-electron chi connectivity index (χ4n) is 1.73. The molecule has 0 fully saturated rings. The first-order valence-corrected chi connectivity index (χ1v) is 6.98. The van der Waals surface area contributed by atoms with E-state index in [2.05, 4.69) is 5.32 Å². The minimum atomic E-state index is -0.312. The van der Waals surface area contributed by atoms with Crippen LogP contribution in [0.25, 0.3) is 0 Å². The van der Waals surface area contributed by atoms with E-state index >= 15 is 0 Å². The third kappa shape index (κ3) is 3.63. The van der Waals surface area contributed by atoms with E-state index in [1.54, 1.807) is 30.3 Å². The molecule has 0 amide bonds. The van der Waals surface area contributed by atoms with Crippen LogP contribution in [0.1, 0.15) is 12.5 Å². The van der Waals surface area contributed by atoms with Gasteiger partial charge in [-0.25, -0.2) is 4.39 Å². The van der Waals surface area contributed by atoms with Crippen LogP contribution in [-0.4, -0.2) is 6.54 Å². The van der Waals surface area contributed by atoms with Crippen molar-refractivity contribution < 1.29 is 9.13 Å². The summed E-state index contributed by atoms with van der Waals surface area (Å²) in [5.41, 5.74) is 0.473. The average Bonchev–Trinajstić information content (AvgIpc) is 2.41. The monoisotopic (exact) mass is 313 g/mol. The molecule has 0 aliphatic heterocycles. The molecule has 0 atom stereocenters. The molecule has 0 bridgehead atoms. The summed E-state index contributed by atoms with van der Waals surface area (Å²) < 4.78 is 19.6. The van der Waals surface area contributed by atoms with E-state index < -0.39 is 0 Å². The van der Waals surface area contributed by atoms with Crippen molar-refractivity contribution in [1.82, 2.24) is 5.32 Å². The molecular weight excluding hydrogens is 300 g/mol. The Morgan fingerprint density at radius 3 is 2.65 bits per heavy atom. The summed E-state index contributed by atoms with van der Waals surface area (Å²) >= 11 is 11.9. The molecule has 0 heterocycles. The lowest BCUT2D eigenvalue weighted by Gasteiger charge is -2.13. The third-order valence-corrected chi connectivity index (χ3v) is 3.27. The molecule has 2 aromatic rings. The van der Waals surface area contributed by atoms with Crippen molar-refractivity contribution in [3.05, 3.63) is 57.8 Å². The summed E-state index contributed by atoms with van der Waals surface area (Å²) in [4.78, 5) is 0. The van der Waals surface area contributed by atoms with Crippen LogP contribution in [0, 0.1) is 5.82 Å². The molecule has 5 heteroatoms. The summed E-state index contributed by atoms with van der Waals surface area (Å²) in [5, 5.41) is 3.99. The Balaban J connectivity index is 2.30.